The Bertz CT molecular complexity index is 499. The molecule has 2 amide bonds. The number of carbonyl (C=O) groups excluding carboxylic acids is 1. The quantitative estimate of drug-likeness (QED) is 0.616. The monoisotopic (exact) mass is 323 g/mol. The lowest BCUT2D eigenvalue weighted by molar-refractivity contribution is 0.0438. The van der Waals surface area contributed by atoms with Crippen molar-refractivity contribution >= 4 is 6.03 Å². The second kappa shape index (κ2) is 7.61. The first-order valence-corrected chi connectivity index (χ1v) is 7.83. The van der Waals surface area contributed by atoms with Crippen molar-refractivity contribution in [3.63, 3.8) is 0 Å². The van der Waals surface area contributed by atoms with E-state index in [-0.39, 0.29) is 18.7 Å². The SMILES string of the molecule is CC(C)NC(=O)NCC1(COc2cccnc2)C[C@@H](O)[C@@H](O)C1. The molecule has 0 spiro atoms. The first-order chi connectivity index (χ1) is 10.9. The number of nitrogens with zero attached hydrogens (tertiary/aromatic N) is 1. The van der Waals surface area contributed by atoms with Gasteiger partial charge in [0.25, 0.3) is 0 Å². The topological polar surface area (TPSA) is 104 Å². The average Bonchev–Trinajstić information content (AvgIpc) is 2.79. The largest absolute Gasteiger partial charge is 0.491 e. The first kappa shape index (κ1) is 17.5. The van der Waals surface area contributed by atoms with Crippen LogP contribution in [0.1, 0.15) is 26.7 Å². The number of aliphatic hydroxyl groups is 2. The minimum Gasteiger partial charge on any atom is -0.491 e. The van der Waals surface area contributed by atoms with Crippen LogP contribution in [-0.4, -0.2) is 52.6 Å². The lowest BCUT2D eigenvalue weighted by atomic mass is 9.86. The highest BCUT2D eigenvalue weighted by Gasteiger charge is 2.45. The van der Waals surface area contributed by atoms with Gasteiger partial charge >= 0.3 is 6.03 Å². The van der Waals surface area contributed by atoms with Crippen LogP contribution in [0.5, 0.6) is 5.75 Å². The number of nitrogens with one attached hydrogen (secondary N) is 2. The van der Waals surface area contributed by atoms with Gasteiger partial charge in [-0.1, -0.05) is 0 Å². The van der Waals surface area contributed by atoms with E-state index in [9.17, 15) is 15.0 Å². The number of rotatable bonds is 6. The molecule has 1 aliphatic carbocycles. The third kappa shape index (κ3) is 5.07. The molecule has 0 saturated heterocycles. The van der Waals surface area contributed by atoms with E-state index in [2.05, 4.69) is 15.6 Å². The van der Waals surface area contributed by atoms with Crippen molar-refractivity contribution in [3.8, 4) is 5.75 Å². The van der Waals surface area contributed by atoms with Gasteiger partial charge in [-0.15, -0.1) is 0 Å². The number of carbonyl (C=O) groups is 1. The summed E-state index contributed by atoms with van der Waals surface area (Å²) in [5.41, 5.74) is -0.511. The number of hydrogen-bond donors (Lipinski definition) is 4. The van der Waals surface area contributed by atoms with Crippen LogP contribution in [0.3, 0.4) is 0 Å². The molecular formula is C16H25N3O4. The summed E-state index contributed by atoms with van der Waals surface area (Å²) < 4.78 is 5.75. The van der Waals surface area contributed by atoms with Gasteiger partial charge in [0.05, 0.1) is 25.0 Å². The van der Waals surface area contributed by atoms with Crippen LogP contribution in [0.2, 0.25) is 0 Å². The third-order valence-corrected chi connectivity index (χ3v) is 3.95. The number of aliphatic hydroxyl groups excluding tert-OH is 2. The molecule has 4 N–H and O–H groups in total. The van der Waals surface area contributed by atoms with E-state index >= 15 is 0 Å². The zero-order valence-electron chi connectivity index (χ0n) is 13.5. The molecule has 0 bridgehead atoms. The first-order valence-electron chi connectivity index (χ1n) is 7.83. The number of amides is 2. The number of ether oxygens (including phenoxy) is 1. The predicted octanol–water partition coefficient (Wildman–Crippen LogP) is 0.670. The maximum Gasteiger partial charge on any atom is 0.315 e. The zero-order chi connectivity index (χ0) is 16.9. The zero-order valence-corrected chi connectivity index (χ0v) is 13.5. The molecule has 7 nitrogen and oxygen atoms in total. The van der Waals surface area contributed by atoms with Gasteiger partial charge in [0.15, 0.2) is 0 Å². The van der Waals surface area contributed by atoms with E-state index in [1.165, 1.54) is 0 Å². The van der Waals surface area contributed by atoms with Gasteiger partial charge in [0.2, 0.25) is 0 Å². The molecule has 7 heteroatoms. The number of hydrogen-bond acceptors (Lipinski definition) is 5. The smallest absolute Gasteiger partial charge is 0.315 e. The van der Waals surface area contributed by atoms with Gasteiger partial charge in [0, 0.05) is 24.2 Å². The molecule has 1 unspecified atom stereocenters. The third-order valence-electron chi connectivity index (χ3n) is 3.95. The molecule has 128 valence electrons. The molecule has 1 aromatic heterocycles. The second-order valence-electron chi connectivity index (χ2n) is 6.50. The maximum atomic E-state index is 11.8. The molecule has 1 aromatic rings. The fourth-order valence-electron chi connectivity index (χ4n) is 2.81. The highest BCUT2D eigenvalue weighted by Crippen LogP contribution is 2.38. The van der Waals surface area contributed by atoms with Gasteiger partial charge in [-0.2, -0.15) is 0 Å². The minimum absolute atomic E-state index is 0.0392. The lowest BCUT2D eigenvalue weighted by Gasteiger charge is -2.29. The Kier molecular flexibility index (Phi) is 5.79. The van der Waals surface area contributed by atoms with Crippen molar-refractivity contribution < 1.29 is 19.7 Å². The Morgan fingerprint density at radius 1 is 1.43 bits per heavy atom. The van der Waals surface area contributed by atoms with Gasteiger partial charge in [0.1, 0.15) is 5.75 Å². The molecule has 1 heterocycles. The highest BCUT2D eigenvalue weighted by molar-refractivity contribution is 5.74. The van der Waals surface area contributed by atoms with Crippen LogP contribution < -0.4 is 15.4 Å². The van der Waals surface area contributed by atoms with Crippen LogP contribution in [0, 0.1) is 5.41 Å². The molecule has 0 aromatic carbocycles. The second-order valence-corrected chi connectivity index (χ2v) is 6.50. The Hall–Kier alpha value is -1.86. The highest BCUT2D eigenvalue weighted by atomic mass is 16.5. The molecule has 2 rings (SSSR count). The fourth-order valence-corrected chi connectivity index (χ4v) is 2.81. The van der Waals surface area contributed by atoms with Crippen LogP contribution in [-0.2, 0) is 0 Å². The van der Waals surface area contributed by atoms with Crippen molar-refractivity contribution in [2.45, 2.75) is 44.9 Å². The molecule has 3 atom stereocenters. The summed E-state index contributed by atoms with van der Waals surface area (Å²) in [6.45, 7) is 4.36. The van der Waals surface area contributed by atoms with Crippen molar-refractivity contribution in [1.29, 1.82) is 0 Å². The van der Waals surface area contributed by atoms with E-state index in [1.54, 1.807) is 24.5 Å². The van der Waals surface area contributed by atoms with Gasteiger partial charge in [-0.25, -0.2) is 4.79 Å². The van der Waals surface area contributed by atoms with E-state index < -0.39 is 17.6 Å². The Labute approximate surface area is 136 Å². The molecule has 1 saturated carbocycles. The van der Waals surface area contributed by atoms with Crippen LogP contribution in [0.15, 0.2) is 24.5 Å². The van der Waals surface area contributed by atoms with Gasteiger partial charge in [-0.3, -0.25) is 4.98 Å². The summed E-state index contributed by atoms with van der Waals surface area (Å²) in [5, 5.41) is 25.4. The molecule has 1 fully saturated rings. The molecule has 0 aliphatic heterocycles. The Morgan fingerprint density at radius 3 is 2.70 bits per heavy atom. The summed E-state index contributed by atoms with van der Waals surface area (Å²) in [6.07, 6.45) is 2.40. The van der Waals surface area contributed by atoms with Crippen LogP contribution >= 0.6 is 0 Å². The van der Waals surface area contributed by atoms with E-state index in [4.69, 9.17) is 4.74 Å². The summed E-state index contributed by atoms with van der Waals surface area (Å²) in [5.74, 6) is 0.620. The van der Waals surface area contributed by atoms with Gasteiger partial charge < -0.3 is 25.6 Å². The van der Waals surface area contributed by atoms with Crippen molar-refractivity contribution in [1.82, 2.24) is 15.6 Å². The van der Waals surface area contributed by atoms with Crippen LogP contribution in [0.25, 0.3) is 0 Å². The molecule has 1 aliphatic rings. The maximum absolute atomic E-state index is 11.8. The number of aromatic nitrogens is 1. The molecule has 23 heavy (non-hydrogen) atoms. The summed E-state index contributed by atoms with van der Waals surface area (Å²) >= 11 is 0. The standard InChI is InChI=1S/C16H25N3O4/c1-11(2)19-15(22)18-9-16(6-13(20)14(21)7-16)10-23-12-4-3-5-17-8-12/h3-5,8,11,13-14,20-21H,6-7,9-10H2,1-2H3,(H2,18,19,22)/t13-,14+,16?. The minimum atomic E-state index is -0.803. The fraction of sp³-hybridized carbons (Fsp3) is 0.625. The Balaban J connectivity index is 1.97. The summed E-state index contributed by atoms with van der Waals surface area (Å²) in [6, 6.07) is 3.34. The Morgan fingerprint density at radius 2 is 2.13 bits per heavy atom. The number of urea groups is 1. The van der Waals surface area contributed by atoms with E-state index in [0.717, 1.165) is 0 Å². The van der Waals surface area contributed by atoms with Crippen LogP contribution in [0.4, 0.5) is 4.79 Å². The lowest BCUT2D eigenvalue weighted by Crippen LogP contribution is -2.46. The van der Waals surface area contributed by atoms with Crippen molar-refractivity contribution in [2.75, 3.05) is 13.2 Å². The summed E-state index contributed by atoms with van der Waals surface area (Å²) in [4.78, 5) is 15.8. The molecular weight excluding hydrogens is 298 g/mol. The predicted molar refractivity (Wildman–Crippen MR) is 85.1 cm³/mol. The van der Waals surface area contributed by atoms with E-state index in [1.807, 2.05) is 13.8 Å². The summed E-state index contributed by atoms with van der Waals surface area (Å²) in [7, 11) is 0. The normalized spacial score (nSPS) is 27.0. The molecule has 0 radical (unpaired) electrons. The van der Waals surface area contributed by atoms with Crippen molar-refractivity contribution in [2.24, 2.45) is 5.41 Å². The van der Waals surface area contributed by atoms with Gasteiger partial charge in [-0.05, 0) is 38.8 Å². The van der Waals surface area contributed by atoms with E-state index in [0.29, 0.717) is 25.1 Å². The number of pyridine rings is 1. The average molecular weight is 323 g/mol. The van der Waals surface area contributed by atoms with Crippen molar-refractivity contribution in [3.05, 3.63) is 24.5 Å².